The molecule has 4 aromatic rings. The van der Waals surface area contributed by atoms with E-state index in [0.29, 0.717) is 0 Å². The fourth-order valence-corrected chi connectivity index (χ4v) is 4.29. The summed E-state index contributed by atoms with van der Waals surface area (Å²) in [5, 5.41) is 3.65. The zero-order valence-corrected chi connectivity index (χ0v) is 12.7. The highest BCUT2D eigenvalue weighted by Crippen LogP contribution is 2.52. The number of para-hydroxylation sites is 2. The van der Waals surface area contributed by atoms with E-state index in [-0.39, 0.29) is 0 Å². The van der Waals surface area contributed by atoms with Gasteiger partial charge in [-0.1, -0.05) is 48.5 Å². The second-order valence-electron chi connectivity index (χ2n) is 5.49. The molecule has 0 fully saturated rings. The van der Waals surface area contributed by atoms with Crippen LogP contribution in [0.25, 0.3) is 21.2 Å². The van der Waals surface area contributed by atoms with E-state index in [1.807, 2.05) is 11.3 Å². The maximum Gasteiger partial charge on any atom is 0.0653 e. The highest BCUT2D eigenvalue weighted by molar-refractivity contribution is 7.18. The summed E-state index contributed by atoms with van der Waals surface area (Å²) >= 11 is 1.82. The first kappa shape index (κ1) is 12.0. The summed E-state index contributed by atoms with van der Waals surface area (Å²) in [6.45, 7) is 0. The van der Waals surface area contributed by atoms with Crippen molar-refractivity contribution in [2.24, 2.45) is 0 Å². The summed E-state index contributed by atoms with van der Waals surface area (Å²) in [6, 6.07) is 25.9. The zero-order chi connectivity index (χ0) is 14.5. The van der Waals surface area contributed by atoms with Crippen LogP contribution in [0.2, 0.25) is 0 Å². The van der Waals surface area contributed by atoms with Gasteiger partial charge in [0, 0.05) is 26.7 Å². The molecule has 0 amide bonds. The lowest BCUT2D eigenvalue weighted by Crippen LogP contribution is -2.13. The molecule has 22 heavy (non-hydrogen) atoms. The van der Waals surface area contributed by atoms with Crippen LogP contribution in [0.1, 0.15) is 0 Å². The van der Waals surface area contributed by atoms with Crippen molar-refractivity contribution >= 4 is 38.5 Å². The summed E-state index contributed by atoms with van der Waals surface area (Å²) in [5.41, 5.74) is 6.41. The van der Waals surface area contributed by atoms with E-state index < -0.39 is 0 Å². The van der Waals surface area contributed by atoms with Crippen molar-refractivity contribution in [3.05, 3.63) is 78.2 Å². The molecule has 5 rings (SSSR count). The molecular formula is C20H13NS. The molecule has 0 atom stereocenters. The summed E-state index contributed by atoms with van der Waals surface area (Å²) < 4.78 is 1.35. The van der Waals surface area contributed by atoms with Crippen molar-refractivity contribution in [2.75, 3.05) is 4.90 Å². The fraction of sp³-hybridized carbons (Fsp3) is 0. The Morgan fingerprint density at radius 3 is 2.32 bits per heavy atom. The minimum atomic E-state index is 1.21. The lowest BCUT2D eigenvalue weighted by atomic mass is 9.94. The topological polar surface area (TPSA) is 3.24 Å². The van der Waals surface area contributed by atoms with Gasteiger partial charge < -0.3 is 4.90 Å². The van der Waals surface area contributed by atoms with Crippen LogP contribution in [0, 0.1) is 0 Å². The quantitative estimate of drug-likeness (QED) is 0.348. The standard InChI is InChI=1S/C20H13NS/c1-2-7-14(8-3-1)21-17-11-5-4-9-15(17)16-10-6-12-19-20(16)18(21)13-22-19/h1-13H. The molecule has 0 saturated heterocycles. The van der Waals surface area contributed by atoms with Gasteiger partial charge in [0.25, 0.3) is 0 Å². The molecule has 0 spiro atoms. The monoisotopic (exact) mass is 299 g/mol. The summed E-state index contributed by atoms with van der Waals surface area (Å²) in [7, 11) is 0. The Labute approximate surface area is 133 Å². The number of benzene rings is 3. The Bertz CT molecular complexity index is 985. The number of thiophene rings is 1. The zero-order valence-electron chi connectivity index (χ0n) is 11.9. The SMILES string of the molecule is c1ccc(N2c3ccccc3-c3cccc4scc2c34)cc1. The van der Waals surface area contributed by atoms with E-state index >= 15 is 0 Å². The molecule has 2 heterocycles. The first-order chi connectivity index (χ1) is 10.9. The predicted molar refractivity (Wildman–Crippen MR) is 95.5 cm³/mol. The fourth-order valence-electron chi connectivity index (χ4n) is 3.34. The molecule has 0 N–H and O–H groups in total. The van der Waals surface area contributed by atoms with Crippen LogP contribution in [0.15, 0.2) is 78.2 Å². The summed E-state index contributed by atoms with van der Waals surface area (Å²) in [5.74, 6) is 0. The van der Waals surface area contributed by atoms with Crippen LogP contribution < -0.4 is 4.90 Å². The van der Waals surface area contributed by atoms with Gasteiger partial charge in [-0.15, -0.1) is 11.3 Å². The number of rotatable bonds is 1. The summed E-state index contributed by atoms with van der Waals surface area (Å²) in [6.07, 6.45) is 0. The van der Waals surface area contributed by atoms with Gasteiger partial charge in [0.05, 0.1) is 11.4 Å². The van der Waals surface area contributed by atoms with Crippen molar-refractivity contribution in [1.29, 1.82) is 0 Å². The van der Waals surface area contributed by atoms with E-state index in [4.69, 9.17) is 0 Å². The molecule has 0 saturated carbocycles. The Morgan fingerprint density at radius 2 is 1.41 bits per heavy atom. The van der Waals surface area contributed by atoms with Crippen LogP contribution in [-0.2, 0) is 0 Å². The van der Waals surface area contributed by atoms with Gasteiger partial charge in [0.1, 0.15) is 0 Å². The Hall–Kier alpha value is -2.58. The van der Waals surface area contributed by atoms with Crippen molar-refractivity contribution in [2.45, 2.75) is 0 Å². The predicted octanol–water partition coefficient (Wildman–Crippen LogP) is 6.35. The second kappa shape index (κ2) is 4.46. The molecular weight excluding hydrogens is 286 g/mol. The van der Waals surface area contributed by atoms with Crippen LogP contribution >= 0.6 is 11.3 Å². The van der Waals surface area contributed by atoms with Crippen molar-refractivity contribution in [3.8, 4) is 11.1 Å². The molecule has 1 aromatic heterocycles. The first-order valence-electron chi connectivity index (χ1n) is 7.38. The maximum absolute atomic E-state index is 2.38. The molecule has 0 bridgehead atoms. The van der Waals surface area contributed by atoms with Gasteiger partial charge in [-0.05, 0) is 29.8 Å². The smallest absolute Gasteiger partial charge is 0.0653 e. The average Bonchev–Trinajstić information content (AvgIpc) is 3.01. The number of fused-ring (bicyclic) bond motifs is 2. The van der Waals surface area contributed by atoms with Gasteiger partial charge in [-0.2, -0.15) is 0 Å². The highest BCUT2D eigenvalue weighted by atomic mass is 32.1. The largest absolute Gasteiger partial charge is 0.308 e. The third-order valence-electron chi connectivity index (χ3n) is 4.27. The van der Waals surface area contributed by atoms with Gasteiger partial charge >= 0.3 is 0 Å². The number of hydrogen-bond donors (Lipinski definition) is 0. The van der Waals surface area contributed by atoms with Crippen molar-refractivity contribution < 1.29 is 0 Å². The Morgan fingerprint density at radius 1 is 0.636 bits per heavy atom. The van der Waals surface area contributed by atoms with Gasteiger partial charge in [-0.3, -0.25) is 0 Å². The van der Waals surface area contributed by atoms with Gasteiger partial charge in [0.15, 0.2) is 0 Å². The lowest BCUT2D eigenvalue weighted by molar-refractivity contribution is 1.29. The third-order valence-corrected chi connectivity index (χ3v) is 5.21. The van der Waals surface area contributed by atoms with Crippen molar-refractivity contribution in [3.63, 3.8) is 0 Å². The molecule has 0 unspecified atom stereocenters. The van der Waals surface area contributed by atoms with Crippen LogP contribution in [-0.4, -0.2) is 0 Å². The van der Waals surface area contributed by atoms with Gasteiger partial charge in [-0.25, -0.2) is 0 Å². The third kappa shape index (κ3) is 1.53. The number of anilines is 3. The van der Waals surface area contributed by atoms with Crippen LogP contribution in [0.3, 0.4) is 0 Å². The Kier molecular flexibility index (Phi) is 2.43. The molecule has 3 aromatic carbocycles. The second-order valence-corrected chi connectivity index (χ2v) is 6.40. The molecule has 0 radical (unpaired) electrons. The van der Waals surface area contributed by atoms with Crippen LogP contribution in [0.4, 0.5) is 17.1 Å². The first-order valence-corrected chi connectivity index (χ1v) is 8.26. The van der Waals surface area contributed by atoms with Crippen LogP contribution in [0.5, 0.6) is 0 Å². The maximum atomic E-state index is 2.38. The molecule has 1 nitrogen and oxygen atoms in total. The molecule has 1 aliphatic heterocycles. The lowest BCUT2D eigenvalue weighted by Gasteiger charge is -2.31. The number of hydrogen-bond acceptors (Lipinski definition) is 2. The molecule has 1 aliphatic rings. The average molecular weight is 299 g/mol. The van der Waals surface area contributed by atoms with E-state index in [0.717, 1.165) is 0 Å². The summed E-state index contributed by atoms with van der Waals surface area (Å²) in [4.78, 5) is 2.38. The molecule has 0 aliphatic carbocycles. The van der Waals surface area contributed by atoms with E-state index in [1.54, 1.807) is 0 Å². The van der Waals surface area contributed by atoms with E-state index in [2.05, 4.69) is 83.1 Å². The highest BCUT2D eigenvalue weighted by Gasteiger charge is 2.26. The molecule has 104 valence electrons. The minimum absolute atomic E-state index is 1.21. The van der Waals surface area contributed by atoms with E-state index in [1.165, 1.54) is 38.3 Å². The van der Waals surface area contributed by atoms with Crippen molar-refractivity contribution in [1.82, 2.24) is 0 Å². The normalized spacial score (nSPS) is 12.5. The Balaban J connectivity index is 1.93. The minimum Gasteiger partial charge on any atom is -0.308 e. The van der Waals surface area contributed by atoms with E-state index in [9.17, 15) is 0 Å². The molecule has 2 heteroatoms. The van der Waals surface area contributed by atoms with Gasteiger partial charge in [0.2, 0.25) is 0 Å². The number of nitrogens with zero attached hydrogens (tertiary/aromatic N) is 1.